The fourth-order valence-electron chi connectivity index (χ4n) is 1.39. The molecule has 1 aromatic carbocycles. The Morgan fingerprint density at radius 2 is 2.11 bits per heavy atom. The van der Waals surface area contributed by atoms with Crippen molar-refractivity contribution in [3.8, 4) is 0 Å². The number of hydrogen-bond donors (Lipinski definition) is 1. The molecule has 1 aromatic rings. The van der Waals surface area contributed by atoms with Gasteiger partial charge in [0, 0.05) is 12.7 Å². The first kappa shape index (κ1) is 14.2. The lowest BCUT2D eigenvalue weighted by molar-refractivity contribution is 0.216. The van der Waals surface area contributed by atoms with E-state index >= 15 is 0 Å². The summed E-state index contributed by atoms with van der Waals surface area (Å²) in [5, 5.41) is 0. The fraction of sp³-hybridized carbons (Fsp3) is 0.357. The van der Waals surface area contributed by atoms with Crippen molar-refractivity contribution in [3.63, 3.8) is 0 Å². The van der Waals surface area contributed by atoms with Gasteiger partial charge in [0.2, 0.25) is 0 Å². The van der Waals surface area contributed by atoms with Crippen LogP contribution in [0.5, 0.6) is 0 Å². The normalized spacial score (nSPS) is 12.6. The minimum atomic E-state index is -0.358. The van der Waals surface area contributed by atoms with Crippen molar-refractivity contribution in [2.24, 2.45) is 10.7 Å². The maximum atomic E-state index is 12.0. The fourth-order valence-corrected chi connectivity index (χ4v) is 1.39. The van der Waals surface area contributed by atoms with Crippen molar-refractivity contribution < 1.29 is 9.13 Å². The number of hydrogen-bond acceptors (Lipinski definition) is 3. The van der Waals surface area contributed by atoms with Gasteiger partial charge in [0.05, 0.1) is 12.4 Å². The first-order valence-corrected chi connectivity index (χ1v) is 5.94. The quantitative estimate of drug-likeness (QED) is 0.459. The van der Waals surface area contributed by atoms with Crippen LogP contribution in [0.25, 0.3) is 0 Å². The number of nitrogens with zero attached hydrogens (tertiary/aromatic N) is 1. The molecule has 0 aliphatic heterocycles. The highest BCUT2D eigenvalue weighted by atomic mass is 19.1. The molecule has 0 heterocycles. The monoisotopic (exact) mass is 250 g/mol. The van der Waals surface area contributed by atoms with Crippen LogP contribution in [-0.2, 0) is 11.3 Å². The number of halogens is 1. The van der Waals surface area contributed by atoms with Gasteiger partial charge in [-0.05, 0) is 18.9 Å². The Morgan fingerprint density at radius 1 is 1.39 bits per heavy atom. The Balaban J connectivity index is 2.50. The molecule has 0 fully saturated rings. The van der Waals surface area contributed by atoms with E-state index < -0.39 is 0 Å². The van der Waals surface area contributed by atoms with E-state index in [2.05, 4.69) is 4.99 Å². The number of aliphatic imine (C=N–C) groups is 1. The van der Waals surface area contributed by atoms with Gasteiger partial charge in [0.15, 0.2) is 5.76 Å². The van der Waals surface area contributed by atoms with Crippen molar-refractivity contribution in [2.75, 3.05) is 13.2 Å². The number of rotatable bonds is 7. The molecular formula is C14H19FN2O. The average molecular weight is 250 g/mol. The van der Waals surface area contributed by atoms with Gasteiger partial charge in [-0.1, -0.05) is 30.3 Å². The van der Waals surface area contributed by atoms with Crippen LogP contribution in [0.4, 0.5) is 4.39 Å². The van der Waals surface area contributed by atoms with Crippen molar-refractivity contribution in [1.29, 1.82) is 0 Å². The number of benzene rings is 1. The largest absolute Gasteiger partial charge is 0.486 e. The molecule has 0 amide bonds. The average Bonchev–Trinajstić information content (AvgIpc) is 2.41. The summed E-state index contributed by atoms with van der Waals surface area (Å²) >= 11 is 0. The minimum Gasteiger partial charge on any atom is -0.486 e. The zero-order chi connectivity index (χ0) is 13.2. The zero-order valence-corrected chi connectivity index (χ0v) is 10.6. The second kappa shape index (κ2) is 8.28. The molecule has 0 atom stereocenters. The molecule has 98 valence electrons. The first-order chi connectivity index (χ1) is 8.77. The Bertz CT molecular complexity index is 402. The molecule has 0 aliphatic carbocycles. The van der Waals surface area contributed by atoms with E-state index in [-0.39, 0.29) is 6.67 Å². The zero-order valence-electron chi connectivity index (χ0n) is 10.6. The molecular weight excluding hydrogens is 231 g/mol. The summed E-state index contributed by atoms with van der Waals surface area (Å²) in [5.41, 5.74) is 7.26. The SMILES string of the molecule is CC(=NCCCF)/C(=C\N)OCc1ccccc1. The molecule has 18 heavy (non-hydrogen) atoms. The predicted octanol–water partition coefficient (Wildman–Crippen LogP) is 2.82. The van der Waals surface area contributed by atoms with Gasteiger partial charge in [-0.25, -0.2) is 0 Å². The third-order valence-electron chi connectivity index (χ3n) is 2.39. The van der Waals surface area contributed by atoms with Crippen LogP contribution in [0.1, 0.15) is 18.9 Å². The maximum absolute atomic E-state index is 12.0. The van der Waals surface area contributed by atoms with Crippen LogP contribution in [-0.4, -0.2) is 18.9 Å². The lowest BCUT2D eigenvalue weighted by Gasteiger charge is -2.09. The third-order valence-corrected chi connectivity index (χ3v) is 2.39. The Hall–Kier alpha value is -1.84. The van der Waals surface area contributed by atoms with Gasteiger partial charge >= 0.3 is 0 Å². The van der Waals surface area contributed by atoms with E-state index in [1.165, 1.54) is 6.20 Å². The van der Waals surface area contributed by atoms with Crippen molar-refractivity contribution in [2.45, 2.75) is 20.0 Å². The molecule has 4 heteroatoms. The molecule has 0 radical (unpaired) electrons. The van der Waals surface area contributed by atoms with E-state index in [0.29, 0.717) is 31.0 Å². The maximum Gasteiger partial charge on any atom is 0.155 e. The molecule has 0 aliphatic rings. The second-order valence-corrected chi connectivity index (χ2v) is 3.81. The van der Waals surface area contributed by atoms with Crippen LogP contribution in [0, 0.1) is 0 Å². The summed E-state index contributed by atoms with van der Waals surface area (Å²) in [4.78, 5) is 4.20. The predicted molar refractivity (Wildman–Crippen MR) is 72.1 cm³/mol. The number of ether oxygens (including phenoxy) is 1. The highest BCUT2D eigenvalue weighted by molar-refractivity contribution is 5.96. The number of allylic oxidation sites excluding steroid dienone is 1. The van der Waals surface area contributed by atoms with Crippen LogP contribution < -0.4 is 5.73 Å². The van der Waals surface area contributed by atoms with Crippen molar-refractivity contribution in [1.82, 2.24) is 0 Å². The van der Waals surface area contributed by atoms with Crippen LogP contribution in [0.2, 0.25) is 0 Å². The van der Waals surface area contributed by atoms with Crippen molar-refractivity contribution in [3.05, 3.63) is 47.9 Å². The summed E-state index contributed by atoms with van der Waals surface area (Å²) in [6.07, 6.45) is 1.81. The van der Waals surface area contributed by atoms with Crippen molar-refractivity contribution >= 4 is 5.71 Å². The second-order valence-electron chi connectivity index (χ2n) is 3.81. The first-order valence-electron chi connectivity index (χ1n) is 5.94. The summed E-state index contributed by atoms with van der Waals surface area (Å²) in [6.45, 7) is 2.35. The lowest BCUT2D eigenvalue weighted by Crippen LogP contribution is -2.06. The molecule has 2 N–H and O–H groups in total. The smallest absolute Gasteiger partial charge is 0.155 e. The Morgan fingerprint density at radius 3 is 2.72 bits per heavy atom. The summed E-state index contributed by atoms with van der Waals surface area (Å²) in [5.74, 6) is 0.540. The summed E-state index contributed by atoms with van der Waals surface area (Å²) in [6, 6.07) is 9.81. The van der Waals surface area contributed by atoms with E-state index in [9.17, 15) is 4.39 Å². The lowest BCUT2D eigenvalue weighted by atomic mass is 10.2. The standard InChI is InChI=1S/C14H19FN2O/c1-12(17-9-5-8-15)14(10-16)18-11-13-6-3-2-4-7-13/h2-4,6-7,10H,5,8-9,11,16H2,1H3/b14-10+,17-12?. The molecule has 0 unspecified atom stereocenters. The summed E-state index contributed by atoms with van der Waals surface area (Å²) in [7, 11) is 0. The van der Waals surface area contributed by atoms with E-state index in [1.807, 2.05) is 37.3 Å². The molecule has 0 bridgehead atoms. The van der Waals surface area contributed by atoms with Crippen LogP contribution in [0.3, 0.4) is 0 Å². The van der Waals surface area contributed by atoms with Gasteiger partial charge in [-0.15, -0.1) is 0 Å². The molecule has 0 saturated heterocycles. The van der Waals surface area contributed by atoms with E-state index in [0.717, 1.165) is 5.56 Å². The number of alkyl halides is 1. The minimum absolute atomic E-state index is 0.358. The highest BCUT2D eigenvalue weighted by Crippen LogP contribution is 2.07. The van der Waals surface area contributed by atoms with E-state index in [4.69, 9.17) is 10.5 Å². The Kier molecular flexibility index (Phi) is 6.54. The number of nitrogens with two attached hydrogens (primary N) is 1. The topological polar surface area (TPSA) is 47.6 Å². The van der Waals surface area contributed by atoms with E-state index in [1.54, 1.807) is 0 Å². The van der Waals surface area contributed by atoms with Gasteiger partial charge in [0.1, 0.15) is 6.61 Å². The third kappa shape index (κ3) is 4.99. The molecule has 3 nitrogen and oxygen atoms in total. The summed E-state index contributed by atoms with van der Waals surface area (Å²) < 4.78 is 17.5. The van der Waals surface area contributed by atoms with Crippen LogP contribution in [0.15, 0.2) is 47.3 Å². The van der Waals surface area contributed by atoms with Gasteiger partial charge in [0.25, 0.3) is 0 Å². The molecule has 0 saturated carbocycles. The highest BCUT2D eigenvalue weighted by Gasteiger charge is 2.02. The van der Waals surface area contributed by atoms with Gasteiger partial charge in [-0.2, -0.15) is 0 Å². The molecule has 1 rings (SSSR count). The molecule has 0 aromatic heterocycles. The van der Waals surface area contributed by atoms with Crippen LogP contribution >= 0.6 is 0 Å². The molecule has 0 spiro atoms. The van der Waals surface area contributed by atoms with Gasteiger partial charge in [-0.3, -0.25) is 9.38 Å². The Labute approximate surface area is 107 Å². The van der Waals surface area contributed by atoms with Gasteiger partial charge < -0.3 is 10.5 Å².